The number of aliphatic hydroxyl groups is 2. The van der Waals surface area contributed by atoms with Crippen LogP contribution < -0.4 is 4.57 Å². The third-order valence-electron chi connectivity index (χ3n) is 9.32. The van der Waals surface area contributed by atoms with Gasteiger partial charge in [0.05, 0.1) is 17.6 Å². The number of pyridine rings is 1. The van der Waals surface area contributed by atoms with Crippen LogP contribution in [0.25, 0.3) is 5.70 Å². The van der Waals surface area contributed by atoms with Crippen LogP contribution in [0, 0.1) is 28.6 Å². The summed E-state index contributed by atoms with van der Waals surface area (Å²) >= 11 is 0. The number of nitrogens with zero attached hydrogens (tertiary/aromatic N) is 1. The highest BCUT2D eigenvalue weighted by Gasteiger charge is 2.63. The normalized spacial score (nSPS) is 44.0. The first-order valence-electron chi connectivity index (χ1n) is 11.6. The van der Waals surface area contributed by atoms with Crippen molar-refractivity contribution in [2.24, 2.45) is 28.6 Å². The second-order valence-corrected chi connectivity index (χ2v) is 10.5. The van der Waals surface area contributed by atoms with Crippen LogP contribution in [0.3, 0.4) is 0 Å². The van der Waals surface area contributed by atoms with Crippen molar-refractivity contribution >= 4 is 5.70 Å². The Bertz CT molecular complexity index is 859. The number of aromatic nitrogens is 1. The summed E-state index contributed by atoms with van der Waals surface area (Å²) in [4.78, 5) is 0. The molecule has 0 bridgehead atoms. The van der Waals surface area contributed by atoms with Crippen LogP contribution in [-0.2, 0) is 0 Å². The predicted molar refractivity (Wildman–Crippen MR) is 115 cm³/mol. The van der Waals surface area contributed by atoms with E-state index in [1.54, 1.807) is 0 Å². The van der Waals surface area contributed by atoms with Gasteiger partial charge in [-0.3, -0.25) is 0 Å². The van der Waals surface area contributed by atoms with Crippen LogP contribution in [0.5, 0.6) is 0 Å². The zero-order chi connectivity index (χ0) is 20.4. The van der Waals surface area contributed by atoms with Crippen molar-refractivity contribution in [3.8, 4) is 0 Å². The van der Waals surface area contributed by atoms with E-state index in [0.29, 0.717) is 17.8 Å². The summed E-state index contributed by atoms with van der Waals surface area (Å²) in [6.45, 7) is 7.09. The van der Waals surface area contributed by atoms with Crippen LogP contribution in [-0.4, -0.2) is 22.4 Å². The summed E-state index contributed by atoms with van der Waals surface area (Å²) in [5.41, 5.74) is 4.64. The van der Waals surface area contributed by atoms with Gasteiger partial charge in [0.1, 0.15) is 0 Å². The maximum absolute atomic E-state index is 11.4. The van der Waals surface area contributed by atoms with Crippen LogP contribution in [0.4, 0.5) is 0 Å². The summed E-state index contributed by atoms with van der Waals surface area (Å²) in [5.74, 6) is 1.36. The third kappa shape index (κ3) is 2.66. The molecule has 3 nitrogen and oxygen atoms in total. The maximum Gasteiger partial charge on any atom is 0.192 e. The predicted octanol–water partition coefficient (Wildman–Crippen LogP) is 4.50. The minimum absolute atomic E-state index is 0.152. The molecule has 156 valence electrons. The van der Waals surface area contributed by atoms with Crippen molar-refractivity contribution in [3.05, 3.63) is 47.8 Å². The van der Waals surface area contributed by atoms with Crippen molar-refractivity contribution in [2.45, 2.75) is 77.9 Å². The fraction of sp³-hybridized carbons (Fsp3) is 0.654. The fourth-order valence-corrected chi connectivity index (χ4v) is 7.98. The zero-order valence-corrected chi connectivity index (χ0v) is 18.1. The molecule has 0 spiro atoms. The average molecular weight is 395 g/mol. The molecule has 7 atom stereocenters. The molecule has 1 heterocycles. The maximum atomic E-state index is 11.4. The third-order valence-corrected chi connectivity index (χ3v) is 9.32. The average Bonchev–Trinajstić information content (AvgIpc) is 3.02. The molecule has 0 aromatic carbocycles. The van der Waals surface area contributed by atoms with E-state index in [9.17, 15) is 10.2 Å². The van der Waals surface area contributed by atoms with Gasteiger partial charge in [-0.15, -0.1) is 0 Å². The lowest BCUT2D eigenvalue weighted by Gasteiger charge is -2.58. The molecule has 4 aliphatic rings. The lowest BCUT2D eigenvalue weighted by molar-refractivity contribution is -0.591. The molecule has 0 aliphatic heterocycles. The first-order valence-corrected chi connectivity index (χ1v) is 11.6. The highest BCUT2D eigenvalue weighted by atomic mass is 16.3. The summed E-state index contributed by atoms with van der Waals surface area (Å²) in [6.07, 6.45) is 13.3. The second kappa shape index (κ2) is 6.78. The Morgan fingerprint density at radius 1 is 1.03 bits per heavy atom. The lowest BCUT2D eigenvalue weighted by Crippen LogP contribution is -2.56. The minimum Gasteiger partial charge on any atom is -0.393 e. The monoisotopic (exact) mass is 394 g/mol. The van der Waals surface area contributed by atoms with Gasteiger partial charge in [0.2, 0.25) is 0 Å². The SMILES string of the molecule is CCC12CCC3C(C(O)C=C4CC(O)CCC43C)C1CC(C)=C2[n+]1ccccc1. The number of hydrogen-bond donors (Lipinski definition) is 2. The lowest BCUT2D eigenvalue weighted by atomic mass is 9.46. The molecular formula is C26H36NO2+. The number of rotatable bonds is 2. The molecular weight excluding hydrogens is 358 g/mol. The van der Waals surface area contributed by atoms with Gasteiger partial charge in [0, 0.05) is 12.1 Å². The Morgan fingerprint density at radius 2 is 1.79 bits per heavy atom. The molecule has 0 radical (unpaired) electrons. The van der Waals surface area contributed by atoms with Crippen LogP contribution in [0.1, 0.15) is 65.7 Å². The first-order chi connectivity index (χ1) is 13.9. The molecule has 4 aliphatic carbocycles. The van der Waals surface area contributed by atoms with Gasteiger partial charge in [0.25, 0.3) is 0 Å². The number of allylic oxidation sites excluding steroid dienone is 2. The van der Waals surface area contributed by atoms with Gasteiger partial charge in [-0.1, -0.05) is 31.6 Å². The van der Waals surface area contributed by atoms with Gasteiger partial charge >= 0.3 is 0 Å². The molecule has 2 N–H and O–H groups in total. The number of fused-ring (bicyclic) bond motifs is 5. The number of aliphatic hydroxyl groups excluding tert-OH is 2. The van der Waals surface area contributed by atoms with Crippen molar-refractivity contribution in [2.75, 3.05) is 0 Å². The van der Waals surface area contributed by atoms with Gasteiger partial charge in [-0.2, -0.15) is 4.57 Å². The van der Waals surface area contributed by atoms with Crippen molar-refractivity contribution in [3.63, 3.8) is 0 Å². The van der Waals surface area contributed by atoms with E-state index in [1.807, 2.05) is 0 Å². The van der Waals surface area contributed by atoms with Gasteiger partial charge < -0.3 is 10.2 Å². The molecule has 29 heavy (non-hydrogen) atoms. The largest absolute Gasteiger partial charge is 0.393 e. The molecule has 1 aromatic rings. The minimum atomic E-state index is -0.377. The molecule has 3 heteroatoms. The molecule has 1 aromatic heterocycles. The fourth-order valence-electron chi connectivity index (χ4n) is 7.98. The molecule has 0 saturated heterocycles. The van der Waals surface area contributed by atoms with Crippen LogP contribution in [0.2, 0.25) is 0 Å². The highest BCUT2D eigenvalue weighted by molar-refractivity contribution is 5.54. The Labute approximate surface area is 175 Å². The van der Waals surface area contributed by atoms with Gasteiger partial charge in [-0.25, -0.2) is 0 Å². The molecule has 0 amide bonds. The molecule has 7 unspecified atom stereocenters. The summed E-state index contributed by atoms with van der Waals surface area (Å²) in [5, 5.41) is 21.6. The second-order valence-electron chi connectivity index (χ2n) is 10.5. The topological polar surface area (TPSA) is 44.3 Å². The van der Waals surface area contributed by atoms with E-state index in [-0.39, 0.29) is 23.0 Å². The Hall–Kier alpha value is -1.45. The van der Waals surface area contributed by atoms with E-state index >= 15 is 0 Å². The van der Waals surface area contributed by atoms with E-state index in [0.717, 1.165) is 32.1 Å². The molecule has 2 fully saturated rings. The van der Waals surface area contributed by atoms with Crippen molar-refractivity contribution in [1.82, 2.24) is 0 Å². The standard InChI is InChI=1S/C26H36NO2/c1-4-26-11-9-20-23(22(29)16-18-15-19(28)8-10-25(18,20)3)21(26)14-17(2)24(26)27-12-6-5-7-13-27/h5-7,12-13,16,19-23,28-29H,4,8-11,14-15H2,1-3H3/q+1. The number of hydrogen-bond acceptors (Lipinski definition) is 2. The van der Waals surface area contributed by atoms with Crippen molar-refractivity contribution in [1.29, 1.82) is 0 Å². The van der Waals surface area contributed by atoms with E-state index in [4.69, 9.17) is 0 Å². The Balaban J connectivity index is 1.57. The van der Waals surface area contributed by atoms with Gasteiger partial charge in [0.15, 0.2) is 18.1 Å². The quantitative estimate of drug-likeness (QED) is 0.573. The van der Waals surface area contributed by atoms with Crippen LogP contribution >= 0.6 is 0 Å². The van der Waals surface area contributed by atoms with Crippen LogP contribution in [0.15, 0.2) is 47.8 Å². The molecule has 2 saturated carbocycles. The Kier molecular flexibility index (Phi) is 4.56. The van der Waals surface area contributed by atoms with Gasteiger partial charge in [-0.05, 0) is 80.6 Å². The van der Waals surface area contributed by atoms with E-state index in [2.05, 4.69) is 62.0 Å². The van der Waals surface area contributed by atoms with E-state index in [1.165, 1.54) is 29.7 Å². The van der Waals surface area contributed by atoms with Crippen molar-refractivity contribution < 1.29 is 14.8 Å². The summed E-state index contributed by atoms with van der Waals surface area (Å²) in [7, 11) is 0. The smallest absolute Gasteiger partial charge is 0.192 e. The Morgan fingerprint density at radius 3 is 2.52 bits per heavy atom. The molecule has 5 rings (SSSR count). The highest BCUT2D eigenvalue weighted by Crippen LogP contribution is 2.67. The summed E-state index contributed by atoms with van der Waals surface area (Å²) < 4.78 is 2.36. The summed E-state index contributed by atoms with van der Waals surface area (Å²) in [6, 6.07) is 6.34. The van der Waals surface area contributed by atoms with E-state index < -0.39 is 0 Å². The zero-order valence-electron chi connectivity index (χ0n) is 18.1. The first kappa shape index (κ1) is 19.5.